The van der Waals surface area contributed by atoms with E-state index in [4.69, 9.17) is 14.2 Å². The summed E-state index contributed by atoms with van der Waals surface area (Å²) < 4.78 is 16.7. The number of allylic oxidation sites excluding steroid dienone is 1. The Morgan fingerprint density at radius 2 is 1.48 bits per heavy atom. The lowest BCUT2D eigenvalue weighted by Crippen LogP contribution is -2.50. The molecule has 0 unspecified atom stereocenters. The molecule has 2 amide bonds. The van der Waals surface area contributed by atoms with Gasteiger partial charge in [0.2, 0.25) is 5.91 Å². The number of alkyl carbamates (subject to hydrolysis) is 1. The number of anilines is 1. The summed E-state index contributed by atoms with van der Waals surface area (Å²) in [7, 11) is 0. The molecule has 3 atom stereocenters. The van der Waals surface area contributed by atoms with Crippen LogP contribution in [0.4, 0.5) is 10.5 Å². The van der Waals surface area contributed by atoms with Crippen molar-refractivity contribution in [1.29, 1.82) is 0 Å². The monoisotopic (exact) mass is 596 g/mol. The maximum Gasteiger partial charge on any atom is 0.407 e. The largest absolute Gasteiger partial charge is 0.459 e. The van der Waals surface area contributed by atoms with Gasteiger partial charge in [0.1, 0.15) is 19.3 Å². The van der Waals surface area contributed by atoms with Crippen molar-refractivity contribution >= 4 is 29.6 Å². The Morgan fingerprint density at radius 1 is 0.864 bits per heavy atom. The second-order valence-corrected chi connectivity index (χ2v) is 11.5. The average molecular weight is 597 g/mol. The Morgan fingerprint density at radius 3 is 2.11 bits per heavy atom. The first-order chi connectivity index (χ1) is 21.2. The molecule has 0 bridgehead atoms. The number of benzene rings is 3. The standard InChI is InChI=1S/C35H36N2O7/c1-35(2)30(44-33(40)28-15-9-10-16-29(28)36-34(41)43-23-25-13-7-4-8-14-25)21-31(38)37(35)27-19-17-26(18-20-27)32(39)42-22-24-11-5-3-6-12-24/h3-8,10-14,16-20,28-30H,9,15,21-23H2,1-2H3,(H,36,41)/t28-,29+,30-/m0/s1. The highest BCUT2D eigenvalue weighted by Crippen LogP contribution is 2.38. The minimum absolute atomic E-state index is 0.0133. The summed E-state index contributed by atoms with van der Waals surface area (Å²) in [6, 6.07) is 24.8. The molecule has 1 aliphatic carbocycles. The van der Waals surface area contributed by atoms with E-state index in [1.807, 2.05) is 80.6 Å². The lowest BCUT2D eigenvalue weighted by molar-refractivity contribution is -0.157. The molecule has 228 valence electrons. The van der Waals surface area contributed by atoms with Gasteiger partial charge in [-0.15, -0.1) is 0 Å². The molecule has 5 rings (SSSR count). The first-order valence-electron chi connectivity index (χ1n) is 14.7. The normalized spacial score (nSPS) is 20.5. The van der Waals surface area contributed by atoms with Crippen molar-refractivity contribution in [3.8, 4) is 0 Å². The summed E-state index contributed by atoms with van der Waals surface area (Å²) in [6.45, 7) is 3.96. The highest BCUT2D eigenvalue weighted by Gasteiger charge is 2.50. The molecule has 0 spiro atoms. The predicted molar refractivity (Wildman–Crippen MR) is 163 cm³/mol. The first kappa shape index (κ1) is 30.5. The molecule has 1 fully saturated rings. The Labute approximate surface area is 256 Å². The van der Waals surface area contributed by atoms with Crippen molar-refractivity contribution < 1.29 is 33.4 Å². The first-order valence-corrected chi connectivity index (χ1v) is 14.7. The fourth-order valence-corrected chi connectivity index (χ4v) is 5.55. The third kappa shape index (κ3) is 7.16. The molecule has 9 heteroatoms. The topological polar surface area (TPSA) is 111 Å². The summed E-state index contributed by atoms with van der Waals surface area (Å²) in [5, 5.41) is 2.78. The molecule has 3 aromatic carbocycles. The summed E-state index contributed by atoms with van der Waals surface area (Å²) in [5.74, 6) is -1.76. The van der Waals surface area contributed by atoms with Gasteiger partial charge in [-0.1, -0.05) is 72.8 Å². The highest BCUT2D eigenvalue weighted by molar-refractivity contribution is 5.99. The molecule has 44 heavy (non-hydrogen) atoms. The lowest BCUT2D eigenvalue weighted by atomic mass is 9.89. The third-order valence-electron chi connectivity index (χ3n) is 8.03. The average Bonchev–Trinajstić information content (AvgIpc) is 3.26. The molecule has 3 aromatic rings. The number of esters is 2. The van der Waals surface area contributed by atoms with E-state index in [0.717, 1.165) is 11.1 Å². The molecule has 1 aliphatic heterocycles. The molecule has 1 saturated heterocycles. The minimum atomic E-state index is -0.857. The number of hydrogen-bond acceptors (Lipinski definition) is 7. The molecule has 1 heterocycles. The maximum absolute atomic E-state index is 13.4. The highest BCUT2D eigenvalue weighted by atomic mass is 16.6. The van der Waals surface area contributed by atoms with E-state index in [9.17, 15) is 19.2 Å². The second-order valence-electron chi connectivity index (χ2n) is 11.5. The van der Waals surface area contributed by atoms with Crippen molar-refractivity contribution in [2.75, 3.05) is 4.90 Å². The van der Waals surface area contributed by atoms with Crippen LogP contribution in [0.3, 0.4) is 0 Å². The lowest BCUT2D eigenvalue weighted by Gasteiger charge is -2.36. The summed E-state index contributed by atoms with van der Waals surface area (Å²) >= 11 is 0. The number of rotatable bonds is 9. The van der Waals surface area contributed by atoms with Crippen LogP contribution in [0.2, 0.25) is 0 Å². The van der Waals surface area contributed by atoms with Crippen molar-refractivity contribution in [1.82, 2.24) is 5.32 Å². The van der Waals surface area contributed by atoms with E-state index in [1.165, 1.54) is 0 Å². The van der Waals surface area contributed by atoms with Crippen molar-refractivity contribution in [2.45, 2.75) is 64.0 Å². The van der Waals surface area contributed by atoms with Crippen molar-refractivity contribution in [2.24, 2.45) is 5.92 Å². The van der Waals surface area contributed by atoms with Gasteiger partial charge in [0.15, 0.2) is 0 Å². The van der Waals surface area contributed by atoms with E-state index in [0.29, 0.717) is 24.1 Å². The zero-order valence-corrected chi connectivity index (χ0v) is 24.8. The van der Waals surface area contributed by atoms with Crippen molar-refractivity contribution in [3.63, 3.8) is 0 Å². The predicted octanol–water partition coefficient (Wildman–Crippen LogP) is 5.73. The SMILES string of the molecule is CC1(C)[C@@H](OC(=O)[C@H]2CCC=C[C@H]2NC(=O)OCc2ccccc2)CC(=O)N1c1ccc(C(=O)OCc2ccccc2)cc1. The molecule has 0 aromatic heterocycles. The van der Waals surface area contributed by atoms with Gasteiger partial charge in [0.25, 0.3) is 0 Å². The van der Waals surface area contributed by atoms with E-state index in [2.05, 4.69) is 5.32 Å². The van der Waals surface area contributed by atoms with Crippen LogP contribution in [0.1, 0.15) is 54.6 Å². The number of amides is 2. The number of nitrogens with zero attached hydrogens (tertiary/aromatic N) is 1. The van der Waals surface area contributed by atoms with Gasteiger partial charge in [-0.3, -0.25) is 9.59 Å². The Kier molecular flexibility index (Phi) is 9.43. The van der Waals surface area contributed by atoms with Crippen LogP contribution < -0.4 is 10.2 Å². The van der Waals surface area contributed by atoms with E-state index in [-0.39, 0.29) is 25.5 Å². The third-order valence-corrected chi connectivity index (χ3v) is 8.03. The Hall–Kier alpha value is -4.92. The number of nitrogens with one attached hydrogen (secondary N) is 1. The number of carbonyl (C=O) groups is 4. The minimum Gasteiger partial charge on any atom is -0.459 e. The van der Waals surface area contributed by atoms with Crippen LogP contribution in [-0.4, -0.2) is 41.6 Å². The zero-order valence-electron chi connectivity index (χ0n) is 24.8. The fraction of sp³-hybridized carbons (Fsp3) is 0.314. The molecule has 1 N–H and O–H groups in total. The fourth-order valence-electron chi connectivity index (χ4n) is 5.55. The Bertz CT molecular complexity index is 1500. The smallest absolute Gasteiger partial charge is 0.407 e. The van der Waals surface area contributed by atoms with Gasteiger partial charge < -0.3 is 24.4 Å². The quantitative estimate of drug-likeness (QED) is 0.191. The summed E-state index contributed by atoms with van der Waals surface area (Å²) in [6.07, 6.45) is 3.52. The van der Waals surface area contributed by atoms with E-state index in [1.54, 1.807) is 35.2 Å². The van der Waals surface area contributed by atoms with Crippen molar-refractivity contribution in [3.05, 3.63) is 114 Å². The zero-order chi connectivity index (χ0) is 31.1. The summed E-state index contributed by atoms with van der Waals surface area (Å²) in [5.41, 5.74) is 1.83. The van der Waals surface area contributed by atoms with E-state index >= 15 is 0 Å². The van der Waals surface area contributed by atoms with Crippen LogP contribution in [0, 0.1) is 5.92 Å². The van der Waals surface area contributed by atoms with Gasteiger partial charge in [0.05, 0.1) is 29.5 Å². The van der Waals surface area contributed by atoms with Gasteiger partial charge in [-0.05, 0) is 62.1 Å². The molecule has 0 radical (unpaired) electrons. The number of carbonyl (C=O) groups excluding carboxylic acids is 4. The molecule has 9 nitrogen and oxygen atoms in total. The van der Waals surface area contributed by atoms with Crippen LogP contribution in [0.5, 0.6) is 0 Å². The van der Waals surface area contributed by atoms with Gasteiger partial charge in [-0.2, -0.15) is 0 Å². The van der Waals surface area contributed by atoms with E-state index < -0.39 is 41.6 Å². The molecule has 2 aliphatic rings. The second kappa shape index (κ2) is 13.6. The van der Waals surface area contributed by atoms with Gasteiger partial charge in [-0.25, -0.2) is 9.59 Å². The van der Waals surface area contributed by atoms with Gasteiger partial charge in [0, 0.05) is 5.69 Å². The number of hydrogen-bond donors (Lipinski definition) is 1. The van der Waals surface area contributed by atoms with Crippen LogP contribution in [-0.2, 0) is 37.0 Å². The van der Waals surface area contributed by atoms with Crippen LogP contribution in [0.15, 0.2) is 97.1 Å². The summed E-state index contributed by atoms with van der Waals surface area (Å²) in [4.78, 5) is 53.3. The van der Waals surface area contributed by atoms with Crippen LogP contribution in [0.25, 0.3) is 0 Å². The number of ether oxygens (including phenoxy) is 3. The van der Waals surface area contributed by atoms with Crippen LogP contribution >= 0.6 is 0 Å². The molecular weight excluding hydrogens is 560 g/mol. The maximum atomic E-state index is 13.4. The molecular formula is C35H36N2O7. The Balaban J connectivity index is 1.19. The van der Waals surface area contributed by atoms with Gasteiger partial charge >= 0.3 is 18.0 Å². The molecule has 0 saturated carbocycles.